The molecule has 5 aromatic rings. The number of carbonyl (C=O) groups excluding carboxylic acids is 1. The number of imidazole rings is 1. The molecule has 0 bridgehead atoms. The van der Waals surface area contributed by atoms with Crippen molar-refractivity contribution in [2.45, 2.75) is 0 Å². The molecule has 0 saturated heterocycles. The number of anilines is 1. The first kappa shape index (κ1) is 18.3. The number of aryl methyl sites for hydroxylation is 1. The summed E-state index contributed by atoms with van der Waals surface area (Å²) < 4.78 is 1.83. The van der Waals surface area contributed by atoms with E-state index in [0.29, 0.717) is 22.2 Å². The van der Waals surface area contributed by atoms with Crippen molar-refractivity contribution in [1.29, 1.82) is 0 Å². The first-order chi connectivity index (χ1) is 14.6. The smallest absolute Gasteiger partial charge is 0.258 e. The Bertz CT molecular complexity index is 1410. The van der Waals surface area contributed by atoms with Gasteiger partial charge in [0.05, 0.1) is 27.8 Å². The van der Waals surface area contributed by atoms with Crippen LogP contribution in [0, 0.1) is 0 Å². The van der Waals surface area contributed by atoms with Gasteiger partial charge in [-0.1, -0.05) is 29.8 Å². The van der Waals surface area contributed by atoms with Gasteiger partial charge in [0.25, 0.3) is 5.91 Å². The molecule has 0 spiro atoms. The third-order valence-electron chi connectivity index (χ3n) is 4.99. The van der Waals surface area contributed by atoms with Gasteiger partial charge in [0.15, 0.2) is 0 Å². The van der Waals surface area contributed by atoms with Crippen LogP contribution in [0.25, 0.3) is 33.2 Å². The summed E-state index contributed by atoms with van der Waals surface area (Å²) >= 11 is 6.07. The average molecular weight is 414 g/mol. The summed E-state index contributed by atoms with van der Waals surface area (Å²) in [5.74, 6) is 0.185. The largest absolute Gasteiger partial charge is 0.313 e. The molecule has 0 atom stereocenters. The van der Waals surface area contributed by atoms with Crippen molar-refractivity contribution < 1.29 is 4.79 Å². The van der Waals surface area contributed by atoms with Crippen molar-refractivity contribution in [3.63, 3.8) is 0 Å². The van der Waals surface area contributed by atoms with Gasteiger partial charge in [0, 0.05) is 35.4 Å². The Balaban J connectivity index is 1.60. The lowest BCUT2D eigenvalue weighted by molar-refractivity contribution is 0.102. The van der Waals surface area contributed by atoms with Crippen molar-refractivity contribution in [3.05, 3.63) is 83.6 Å². The predicted molar refractivity (Wildman–Crippen MR) is 119 cm³/mol. The molecule has 0 aliphatic carbocycles. The Hall–Kier alpha value is -3.77. The molecule has 6 nitrogen and oxygen atoms in total. The second-order valence-corrected chi connectivity index (χ2v) is 7.33. The number of hydrogen-bond donors (Lipinski definition) is 1. The molecule has 3 aromatic heterocycles. The minimum atomic E-state index is -0.261. The van der Waals surface area contributed by atoms with Crippen LogP contribution in [0.3, 0.4) is 0 Å². The molecule has 0 radical (unpaired) electrons. The monoisotopic (exact) mass is 413 g/mol. The van der Waals surface area contributed by atoms with E-state index in [1.165, 1.54) is 0 Å². The molecule has 0 unspecified atom stereocenters. The van der Waals surface area contributed by atoms with Crippen LogP contribution in [0.2, 0.25) is 5.02 Å². The van der Waals surface area contributed by atoms with E-state index in [1.807, 2.05) is 54.1 Å². The third kappa shape index (κ3) is 3.17. The highest BCUT2D eigenvalue weighted by molar-refractivity contribution is 6.31. The van der Waals surface area contributed by atoms with Crippen LogP contribution in [-0.4, -0.2) is 25.4 Å². The van der Waals surface area contributed by atoms with Gasteiger partial charge in [0.2, 0.25) is 5.95 Å². The van der Waals surface area contributed by atoms with Gasteiger partial charge in [-0.3, -0.25) is 15.1 Å². The number of nitrogens with one attached hydrogen (secondary N) is 1. The fourth-order valence-electron chi connectivity index (χ4n) is 3.48. The normalized spacial score (nSPS) is 11.1. The maximum absolute atomic E-state index is 13.3. The fourth-order valence-corrected chi connectivity index (χ4v) is 3.65. The Morgan fingerprint density at radius 2 is 1.87 bits per heavy atom. The molecule has 3 heterocycles. The maximum Gasteiger partial charge on any atom is 0.258 e. The summed E-state index contributed by atoms with van der Waals surface area (Å²) in [6, 6.07) is 18.6. The number of fused-ring (bicyclic) bond motifs is 2. The van der Waals surface area contributed by atoms with Gasteiger partial charge >= 0.3 is 0 Å². The zero-order valence-corrected chi connectivity index (χ0v) is 16.8. The number of hydrogen-bond acceptors (Lipinski definition) is 4. The molecule has 0 fully saturated rings. The Kier molecular flexibility index (Phi) is 4.41. The number of pyridine rings is 2. The number of nitrogens with zero attached hydrogens (tertiary/aromatic N) is 4. The molecule has 0 aliphatic rings. The van der Waals surface area contributed by atoms with Crippen molar-refractivity contribution in [1.82, 2.24) is 19.5 Å². The van der Waals surface area contributed by atoms with Gasteiger partial charge < -0.3 is 4.57 Å². The lowest BCUT2D eigenvalue weighted by Crippen LogP contribution is -2.16. The van der Waals surface area contributed by atoms with Crippen molar-refractivity contribution in [2.75, 3.05) is 5.32 Å². The molecule has 1 N–H and O–H groups in total. The summed E-state index contributed by atoms with van der Waals surface area (Å²) in [5, 5.41) is 4.30. The number of amides is 1. The van der Waals surface area contributed by atoms with E-state index in [-0.39, 0.29) is 5.91 Å². The van der Waals surface area contributed by atoms with Crippen LogP contribution >= 0.6 is 11.6 Å². The molecule has 7 heteroatoms. The highest BCUT2D eigenvalue weighted by Crippen LogP contribution is 2.26. The minimum absolute atomic E-state index is 0.261. The first-order valence-corrected chi connectivity index (χ1v) is 9.71. The zero-order valence-electron chi connectivity index (χ0n) is 16.0. The lowest BCUT2D eigenvalue weighted by atomic mass is 10.0. The van der Waals surface area contributed by atoms with Gasteiger partial charge in [-0.15, -0.1) is 0 Å². The Labute approximate surface area is 177 Å². The van der Waals surface area contributed by atoms with Crippen molar-refractivity contribution in [2.24, 2.45) is 7.05 Å². The molecule has 2 aromatic carbocycles. The second-order valence-electron chi connectivity index (χ2n) is 6.90. The van der Waals surface area contributed by atoms with E-state index in [1.54, 1.807) is 30.6 Å². The Morgan fingerprint density at radius 3 is 2.70 bits per heavy atom. The zero-order chi connectivity index (χ0) is 20.7. The van der Waals surface area contributed by atoms with Gasteiger partial charge in [-0.25, -0.2) is 9.97 Å². The van der Waals surface area contributed by atoms with E-state index in [0.717, 1.165) is 27.5 Å². The number of aromatic nitrogens is 4. The molecule has 146 valence electrons. The predicted octanol–water partition coefficient (Wildman–Crippen LogP) is 5.09. The van der Waals surface area contributed by atoms with Crippen LogP contribution in [0.1, 0.15) is 10.4 Å². The maximum atomic E-state index is 13.3. The Morgan fingerprint density at radius 1 is 1.00 bits per heavy atom. The van der Waals surface area contributed by atoms with Crippen molar-refractivity contribution in [3.8, 4) is 11.3 Å². The van der Waals surface area contributed by atoms with Crippen LogP contribution in [-0.2, 0) is 7.05 Å². The second kappa shape index (κ2) is 7.24. The molecule has 1 amide bonds. The molecule has 0 saturated carbocycles. The van der Waals surface area contributed by atoms with E-state index in [9.17, 15) is 4.79 Å². The number of rotatable bonds is 3. The molecule has 0 aliphatic heterocycles. The van der Waals surface area contributed by atoms with Crippen LogP contribution < -0.4 is 5.32 Å². The average Bonchev–Trinajstić information content (AvgIpc) is 3.07. The first-order valence-electron chi connectivity index (χ1n) is 9.34. The van der Waals surface area contributed by atoms with Crippen LogP contribution in [0.4, 0.5) is 5.95 Å². The quantitative estimate of drug-likeness (QED) is 0.447. The third-order valence-corrected chi connectivity index (χ3v) is 5.22. The molecule has 5 rings (SSSR count). The van der Waals surface area contributed by atoms with Gasteiger partial charge in [0.1, 0.15) is 0 Å². The number of benzene rings is 2. The van der Waals surface area contributed by atoms with E-state index >= 15 is 0 Å². The number of halogens is 1. The van der Waals surface area contributed by atoms with Gasteiger partial charge in [-0.2, -0.15) is 0 Å². The summed E-state index contributed by atoms with van der Waals surface area (Å²) in [6.07, 6.45) is 3.43. The molecular weight excluding hydrogens is 398 g/mol. The van der Waals surface area contributed by atoms with Crippen LogP contribution in [0.5, 0.6) is 0 Å². The van der Waals surface area contributed by atoms with E-state index in [4.69, 9.17) is 16.6 Å². The van der Waals surface area contributed by atoms with Gasteiger partial charge in [-0.05, 0) is 42.5 Å². The van der Waals surface area contributed by atoms with E-state index in [2.05, 4.69) is 15.3 Å². The lowest BCUT2D eigenvalue weighted by Gasteiger charge is -2.10. The number of para-hydroxylation sites is 1. The van der Waals surface area contributed by atoms with Crippen molar-refractivity contribution >= 4 is 45.4 Å². The number of carbonyl (C=O) groups is 1. The summed E-state index contributed by atoms with van der Waals surface area (Å²) in [5.41, 5.74) is 4.38. The van der Waals surface area contributed by atoms with E-state index < -0.39 is 0 Å². The summed E-state index contributed by atoms with van der Waals surface area (Å²) in [6.45, 7) is 0. The summed E-state index contributed by atoms with van der Waals surface area (Å²) in [4.78, 5) is 26.7. The minimum Gasteiger partial charge on any atom is -0.313 e. The standard InChI is InChI=1S/C23H16ClN5O/c1-29-21-9-8-15(24)11-20(21)27-23(29)28-22(30)17-12-19(14-5-4-10-25-13-14)26-18-7-3-2-6-16(17)18/h2-13H,1H3,(H,27,28,30). The highest BCUT2D eigenvalue weighted by Gasteiger charge is 2.17. The summed E-state index contributed by atoms with van der Waals surface area (Å²) in [7, 11) is 1.85. The van der Waals surface area contributed by atoms with Crippen LogP contribution in [0.15, 0.2) is 73.1 Å². The molecular formula is C23H16ClN5O. The highest BCUT2D eigenvalue weighted by atomic mass is 35.5. The SMILES string of the molecule is Cn1c(NC(=O)c2cc(-c3cccnc3)nc3ccccc23)nc2cc(Cl)ccc21. The fraction of sp³-hybridized carbons (Fsp3) is 0.0435. The molecule has 30 heavy (non-hydrogen) atoms. The topological polar surface area (TPSA) is 72.7 Å².